The van der Waals surface area contributed by atoms with E-state index in [0.717, 1.165) is 30.8 Å². The van der Waals surface area contributed by atoms with E-state index in [4.69, 9.17) is 0 Å². The molecule has 31 heavy (non-hydrogen) atoms. The Morgan fingerprint density at radius 2 is 2.03 bits per heavy atom. The largest absolute Gasteiger partial charge is 0.394 e. The third-order valence-electron chi connectivity index (χ3n) is 5.28. The van der Waals surface area contributed by atoms with Crippen LogP contribution in [0.4, 0.5) is 21.7 Å². The standard InChI is InChI=1S/C23H24FN5O2/c24-18-6-2-5-17(11-18)23(31)28-19-7-1-4-16(10-19)13-25-21-12-22(27-15-26-21)29-9-3-8-20(29)14-30/h1-2,4-7,10-12,15,20,30H,3,8-9,13-14H2,(H,28,31)(H,25,26,27). The van der Waals surface area contributed by atoms with Crippen LogP contribution in [-0.2, 0) is 6.54 Å². The van der Waals surface area contributed by atoms with E-state index >= 15 is 0 Å². The summed E-state index contributed by atoms with van der Waals surface area (Å²) in [6.45, 7) is 1.49. The van der Waals surface area contributed by atoms with Crippen LogP contribution in [0.3, 0.4) is 0 Å². The van der Waals surface area contributed by atoms with Crippen molar-refractivity contribution in [1.29, 1.82) is 0 Å². The van der Waals surface area contributed by atoms with Gasteiger partial charge in [0, 0.05) is 30.4 Å². The van der Waals surface area contributed by atoms with Crippen molar-refractivity contribution in [2.45, 2.75) is 25.4 Å². The van der Waals surface area contributed by atoms with Crippen LogP contribution in [0.2, 0.25) is 0 Å². The van der Waals surface area contributed by atoms with Crippen molar-refractivity contribution in [3.05, 3.63) is 77.9 Å². The van der Waals surface area contributed by atoms with E-state index in [2.05, 4.69) is 25.5 Å². The summed E-state index contributed by atoms with van der Waals surface area (Å²) >= 11 is 0. The second kappa shape index (κ2) is 9.53. The van der Waals surface area contributed by atoms with Gasteiger partial charge in [0.1, 0.15) is 23.8 Å². The van der Waals surface area contributed by atoms with Crippen LogP contribution in [0.1, 0.15) is 28.8 Å². The summed E-state index contributed by atoms with van der Waals surface area (Å²) in [5.41, 5.74) is 1.84. The molecule has 4 rings (SSSR count). The Balaban J connectivity index is 1.39. The number of aromatic nitrogens is 2. The summed E-state index contributed by atoms with van der Waals surface area (Å²) in [5.74, 6) is 0.663. The number of carbonyl (C=O) groups excluding carboxylic acids is 1. The summed E-state index contributed by atoms with van der Waals surface area (Å²) in [5, 5.41) is 15.6. The molecule has 1 fully saturated rings. The lowest BCUT2D eigenvalue weighted by atomic mass is 10.1. The quantitative estimate of drug-likeness (QED) is 0.542. The third-order valence-corrected chi connectivity index (χ3v) is 5.28. The zero-order valence-electron chi connectivity index (χ0n) is 17.0. The topological polar surface area (TPSA) is 90.4 Å². The van der Waals surface area contributed by atoms with E-state index in [1.54, 1.807) is 12.1 Å². The Bertz CT molecular complexity index is 1060. The fourth-order valence-electron chi connectivity index (χ4n) is 3.71. The number of nitrogens with one attached hydrogen (secondary N) is 2. The molecule has 0 aliphatic carbocycles. The van der Waals surface area contributed by atoms with Crippen LogP contribution in [0, 0.1) is 5.82 Å². The second-order valence-corrected chi connectivity index (χ2v) is 7.45. The number of hydrogen-bond acceptors (Lipinski definition) is 6. The summed E-state index contributed by atoms with van der Waals surface area (Å²) in [6.07, 6.45) is 3.50. The summed E-state index contributed by atoms with van der Waals surface area (Å²) in [7, 11) is 0. The van der Waals surface area contributed by atoms with E-state index in [1.807, 2.05) is 24.3 Å². The molecule has 1 aromatic heterocycles. The summed E-state index contributed by atoms with van der Waals surface area (Å²) < 4.78 is 13.3. The zero-order chi connectivity index (χ0) is 21.6. The Morgan fingerprint density at radius 3 is 2.87 bits per heavy atom. The minimum Gasteiger partial charge on any atom is -0.394 e. The van der Waals surface area contributed by atoms with Gasteiger partial charge in [-0.15, -0.1) is 0 Å². The highest BCUT2D eigenvalue weighted by molar-refractivity contribution is 6.04. The Morgan fingerprint density at radius 1 is 1.16 bits per heavy atom. The van der Waals surface area contributed by atoms with Gasteiger partial charge in [0.15, 0.2) is 0 Å². The van der Waals surface area contributed by atoms with Crippen LogP contribution in [0.5, 0.6) is 0 Å². The molecule has 0 saturated carbocycles. The van der Waals surface area contributed by atoms with E-state index < -0.39 is 5.82 Å². The van der Waals surface area contributed by atoms with Gasteiger partial charge < -0.3 is 20.6 Å². The minimum absolute atomic E-state index is 0.0983. The molecule has 7 nitrogen and oxygen atoms in total. The van der Waals surface area contributed by atoms with Crippen LogP contribution < -0.4 is 15.5 Å². The fraction of sp³-hybridized carbons (Fsp3) is 0.261. The van der Waals surface area contributed by atoms with Crippen LogP contribution in [-0.4, -0.2) is 40.2 Å². The van der Waals surface area contributed by atoms with Gasteiger partial charge in [0.05, 0.1) is 12.6 Å². The molecular weight excluding hydrogens is 397 g/mol. The van der Waals surface area contributed by atoms with E-state index in [9.17, 15) is 14.3 Å². The molecule has 1 unspecified atom stereocenters. The number of aliphatic hydroxyl groups excluding tert-OH is 1. The normalized spacial score (nSPS) is 15.7. The molecule has 3 N–H and O–H groups in total. The van der Waals surface area contributed by atoms with Gasteiger partial charge in [-0.2, -0.15) is 0 Å². The number of benzene rings is 2. The van der Waals surface area contributed by atoms with Gasteiger partial charge in [-0.25, -0.2) is 14.4 Å². The smallest absolute Gasteiger partial charge is 0.255 e. The number of halogens is 1. The number of aliphatic hydroxyl groups is 1. The van der Waals surface area contributed by atoms with Gasteiger partial charge in [0.2, 0.25) is 0 Å². The number of hydrogen-bond donors (Lipinski definition) is 3. The highest BCUT2D eigenvalue weighted by Gasteiger charge is 2.25. The molecule has 1 aliphatic heterocycles. The number of nitrogens with zero attached hydrogens (tertiary/aromatic N) is 3. The van der Waals surface area contributed by atoms with Gasteiger partial charge in [-0.05, 0) is 48.7 Å². The SMILES string of the molecule is O=C(Nc1cccc(CNc2cc(N3CCCC3CO)ncn2)c1)c1cccc(F)c1. The Labute approximate surface area is 180 Å². The van der Waals surface area contributed by atoms with Gasteiger partial charge in [0.25, 0.3) is 5.91 Å². The molecule has 1 aliphatic rings. The molecule has 1 atom stereocenters. The first kappa shape index (κ1) is 20.7. The number of rotatable bonds is 7. The monoisotopic (exact) mass is 421 g/mol. The first-order valence-corrected chi connectivity index (χ1v) is 10.2. The van der Waals surface area contributed by atoms with Crippen molar-refractivity contribution in [1.82, 2.24) is 9.97 Å². The number of amides is 1. The molecule has 0 spiro atoms. The van der Waals surface area contributed by atoms with Crippen LogP contribution >= 0.6 is 0 Å². The van der Waals surface area contributed by atoms with Crippen molar-refractivity contribution in [2.75, 3.05) is 28.7 Å². The third kappa shape index (κ3) is 5.16. The molecule has 2 aromatic carbocycles. The molecule has 0 bridgehead atoms. The minimum atomic E-state index is -0.450. The molecular formula is C23H24FN5O2. The van der Waals surface area contributed by atoms with Crippen LogP contribution in [0.15, 0.2) is 60.9 Å². The summed E-state index contributed by atoms with van der Waals surface area (Å²) in [6, 6.07) is 15.0. The van der Waals surface area contributed by atoms with Gasteiger partial charge >= 0.3 is 0 Å². The average molecular weight is 421 g/mol. The molecule has 1 amide bonds. The Hall–Kier alpha value is -3.52. The molecule has 3 aromatic rings. The van der Waals surface area contributed by atoms with E-state index in [0.29, 0.717) is 18.1 Å². The maximum Gasteiger partial charge on any atom is 0.255 e. The number of carbonyl (C=O) groups is 1. The first-order valence-electron chi connectivity index (χ1n) is 10.2. The van der Waals surface area contributed by atoms with Crippen molar-refractivity contribution in [3.8, 4) is 0 Å². The lowest BCUT2D eigenvalue weighted by molar-refractivity contribution is 0.102. The van der Waals surface area contributed by atoms with E-state index in [1.165, 1.54) is 24.5 Å². The molecule has 1 saturated heterocycles. The Kier molecular flexibility index (Phi) is 6.37. The van der Waals surface area contributed by atoms with Crippen molar-refractivity contribution < 1.29 is 14.3 Å². The maximum atomic E-state index is 13.3. The molecule has 2 heterocycles. The lowest BCUT2D eigenvalue weighted by Gasteiger charge is -2.24. The van der Waals surface area contributed by atoms with Crippen molar-refractivity contribution in [3.63, 3.8) is 0 Å². The lowest BCUT2D eigenvalue weighted by Crippen LogP contribution is -2.32. The van der Waals surface area contributed by atoms with Crippen molar-refractivity contribution in [2.24, 2.45) is 0 Å². The van der Waals surface area contributed by atoms with Gasteiger partial charge in [-0.1, -0.05) is 18.2 Å². The second-order valence-electron chi connectivity index (χ2n) is 7.45. The van der Waals surface area contributed by atoms with Gasteiger partial charge in [-0.3, -0.25) is 4.79 Å². The first-order chi connectivity index (χ1) is 15.1. The molecule has 160 valence electrons. The zero-order valence-corrected chi connectivity index (χ0v) is 17.0. The van der Waals surface area contributed by atoms with E-state index in [-0.39, 0.29) is 24.1 Å². The van der Waals surface area contributed by atoms with Crippen LogP contribution in [0.25, 0.3) is 0 Å². The van der Waals surface area contributed by atoms with Crippen molar-refractivity contribution >= 4 is 23.2 Å². The molecule has 0 radical (unpaired) electrons. The fourth-order valence-corrected chi connectivity index (χ4v) is 3.71. The maximum absolute atomic E-state index is 13.3. The number of anilines is 3. The average Bonchev–Trinajstić information content (AvgIpc) is 3.27. The predicted octanol–water partition coefficient (Wildman–Crippen LogP) is 3.44. The molecule has 8 heteroatoms. The summed E-state index contributed by atoms with van der Waals surface area (Å²) in [4.78, 5) is 23.1. The predicted molar refractivity (Wildman–Crippen MR) is 118 cm³/mol. The highest BCUT2D eigenvalue weighted by Crippen LogP contribution is 2.24. The highest BCUT2D eigenvalue weighted by atomic mass is 19.1.